The number of nitrogens with one attached hydrogen (secondary N) is 1. The zero-order valence-electron chi connectivity index (χ0n) is 15.6. The molecule has 27 heavy (non-hydrogen) atoms. The van der Waals surface area contributed by atoms with E-state index in [2.05, 4.69) is 5.32 Å². The molecule has 0 radical (unpaired) electrons. The van der Waals surface area contributed by atoms with Crippen LogP contribution in [-0.4, -0.2) is 56.1 Å². The number of carbonyl (C=O) groups excluding carboxylic acids is 3. The number of anilines is 1. The van der Waals surface area contributed by atoms with Crippen LogP contribution in [0.3, 0.4) is 0 Å². The van der Waals surface area contributed by atoms with Crippen molar-refractivity contribution in [1.29, 1.82) is 0 Å². The highest BCUT2D eigenvalue weighted by atomic mass is 16.6. The number of hydrogen-bond donors (Lipinski definition) is 1. The molecular weight excluding hydrogens is 352 g/mol. The summed E-state index contributed by atoms with van der Waals surface area (Å²) in [6.45, 7) is 3.66. The van der Waals surface area contributed by atoms with Crippen LogP contribution in [0.5, 0.6) is 11.5 Å². The summed E-state index contributed by atoms with van der Waals surface area (Å²) in [6.07, 6.45) is 2.05. The van der Waals surface area contributed by atoms with E-state index in [0.29, 0.717) is 36.9 Å². The molecule has 1 aromatic carbocycles. The first-order valence-corrected chi connectivity index (χ1v) is 9.05. The zero-order valence-corrected chi connectivity index (χ0v) is 15.6. The van der Waals surface area contributed by atoms with E-state index in [0.717, 1.165) is 19.4 Å². The van der Waals surface area contributed by atoms with Crippen LogP contribution in [0.2, 0.25) is 0 Å². The molecule has 1 saturated heterocycles. The number of nitrogens with zero attached hydrogens (tertiary/aromatic N) is 1. The fourth-order valence-corrected chi connectivity index (χ4v) is 3.45. The zero-order chi connectivity index (χ0) is 19.4. The van der Waals surface area contributed by atoms with Gasteiger partial charge in [-0.2, -0.15) is 0 Å². The maximum atomic E-state index is 12.5. The molecule has 8 heteroatoms. The Kier molecular flexibility index (Phi) is 5.83. The largest absolute Gasteiger partial charge is 0.486 e. The summed E-state index contributed by atoms with van der Waals surface area (Å²) in [5, 5.41) is 2.79. The Morgan fingerprint density at radius 1 is 1.22 bits per heavy atom. The summed E-state index contributed by atoms with van der Waals surface area (Å²) in [5.74, 6) is 0.268. The summed E-state index contributed by atoms with van der Waals surface area (Å²) < 4.78 is 15.8. The Bertz CT molecular complexity index is 748. The van der Waals surface area contributed by atoms with Gasteiger partial charge in [-0.05, 0) is 18.8 Å². The molecule has 3 rings (SSSR count). The lowest BCUT2D eigenvalue weighted by Crippen LogP contribution is -2.39. The van der Waals surface area contributed by atoms with Gasteiger partial charge in [-0.15, -0.1) is 0 Å². The first-order chi connectivity index (χ1) is 13.0. The van der Waals surface area contributed by atoms with E-state index >= 15 is 0 Å². The van der Waals surface area contributed by atoms with E-state index in [9.17, 15) is 14.4 Å². The quantitative estimate of drug-likeness (QED) is 0.806. The molecule has 2 aliphatic heterocycles. The molecule has 2 aliphatic rings. The van der Waals surface area contributed by atoms with Gasteiger partial charge in [0.05, 0.1) is 18.4 Å². The second kappa shape index (κ2) is 8.28. The van der Waals surface area contributed by atoms with Crippen LogP contribution in [0.15, 0.2) is 12.1 Å². The number of rotatable bonds is 4. The number of methoxy groups -OCH3 is 1. The predicted molar refractivity (Wildman–Crippen MR) is 97.0 cm³/mol. The van der Waals surface area contributed by atoms with Crippen LogP contribution < -0.4 is 14.8 Å². The molecule has 1 aromatic rings. The van der Waals surface area contributed by atoms with E-state index in [1.54, 1.807) is 17.9 Å². The second-order valence-corrected chi connectivity index (χ2v) is 6.76. The number of ether oxygens (including phenoxy) is 3. The molecule has 1 N–H and O–H groups in total. The van der Waals surface area contributed by atoms with E-state index in [4.69, 9.17) is 14.2 Å². The van der Waals surface area contributed by atoms with Crippen molar-refractivity contribution in [3.8, 4) is 11.5 Å². The molecule has 146 valence electrons. The third kappa shape index (κ3) is 4.50. The van der Waals surface area contributed by atoms with Gasteiger partial charge in [-0.25, -0.2) is 4.79 Å². The minimum atomic E-state index is -0.567. The van der Waals surface area contributed by atoms with E-state index in [-0.39, 0.29) is 29.7 Å². The molecule has 1 atom stereocenters. The molecule has 0 aromatic heterocycles. The van der Waals surface area contributed by atoms with Gasteiger partial charge < -0.3 is 24.4 Å². The number of benzene rings is 1. The maximum absolute atomic E-state index is 12.5. The Morgan fingerprint density at radius 2 is 1.93 bits per heavy atom. The lowest BCUT2D eigenvalue weighted by atomic mass is 9.94. The number of amides is 2. The van der Waals surface area contributed by atoms with E-state index in [1.807, 2.05) is 0 Å². The summed E-state index contributed by atoms with van der Waals surface area (Å²) in [7, 11) is 1.28. The fraction of sp³-hybridized carbons (Fsp3) is 0.526. The van der Waals surface area contributed by atoms with Crippen molar-refractivity contribution in [3.63, 3.8) is 0 Å². The molecule has 0 aliphatic carbocycles. The van der Waals surface area contributed by atoms with Crippen molar-refractivity contribution < 1.29 is 28.6 Å². The van der Waals surface area contributed by atoms with Crippen LogP contribution in [0, 0.1) is 5.92 Å². The monoisotopic (exact) mass is 376 g/mol. The maximum Gasteiger partial charge on any atom is 0.340 e. The number of fused-ring (bicyclic) bond motifs is 1. The smallest absolute Gasteiger partial charge is 0.340 e. The van der Waals surface area contributed by atoms with Crippen LogP contribution >= 0.6 is 0 Å². The highest BCUT2D eigenvalue weighted by molar-refractivity contribution is 6.02. The average Bonchev–Trinajstić information content (AvgIpc) is 2.67. The van der Waals surface area contributed by atoms with Crippen molar-refractivity contribution in [3.05, 3.63) is 17.7 Å². The summed E-state index contributed by atoms with van der Waals surface area (Å²) in [6, 6.07) is 3.11. The number of esters is 1. The topological polar surface area (TPSA) is 94.2 Å². The number of hydrogen-bond acceptors (Lipinski definition) is 6. The standard InChI is InChI=1S/C19H24N2O6/c1-12(22)21-5-3-4-13(11-21)8-18(23)20-15-10-17-16(26-6-7-27-17)9-14(15)19(24)25-2/h9-10,13H,3-8,11H2,1-2H3,(H,20,23). The third-order valence-corrected chi connectivity index (χ3v) is 4.80. The van der Waals surface area contributed by atoms with Gasteiger partial charge in [0.15, 0.2) is 11.5 Å². The van der Waals surface area contributed by atoms with Crippen molar-refractivity contribution >= 4 is 23.5 Å². The van der Waals surface area contributed by atoms with Crippen LogP contribution in [0.4, 0.5) is 5.69 Å². The molecule has 0 bridgehead atoms. The normalized spacial score (nSPS) is 18.6. The molecule has 1 unspecified atom stereocenters. The minimum absolute atomic E-state index is 0.0277. The Labute approximate surface area is 157 Å². The van der Waals surface area contributed by atoms with Crippen molar-refractivity contribution in [1.82, 2.24) is 4.90 Å². The SMILES string of the molecule is COC(=O)c1cc2c(cc1NC(=O)CC1CCCN(C(C)=O)C1)OCCO2. The molecule has 2 heterocycles. The third-order valence-electron chi connectivity index (χ3n) is 4.80. The van der Waals surface area contributed by atoms with Gasteiger partial charge in [-0.3, -0.25) is 9.59 Å². The van der Waals surface area contributed by atoms with Gasteiger partial charge in [-0.1, -0.05) is 0 Å². The van der Waals surface area contributed by atoms with Crippen molar-refractivity contribution in [2.45, 2.75) is 26.2 Å². The number of likely N-dealkylation sites (tertiary alicyclic amines) is 1. The molecule has 1 fully saturated rings. The average molecular weight is 376 g/mol. The lowest BCUT2D eigenvalue weighted by molar-refractivity contribution is -0.131. The Balaban J connectivity index is 1.72. The fourth-order valence-electron chi connectivity index (χ4n) is 3.45. The Morgan fingerprint density at radius 3 is 2.59 bits per heavy atom. The first-order valence-electron chi connectivity index (χ1n) is 9.05. The predicted octanol–water partition coefficient (Wildman–Crippen LogP) is 1.83. The molecular formula is C19H24N2O6. The van der Waals surface area contributed by atoms with Gasteiger partial charge in [0, 0.05) is 38.6 Å². The summed E-state index contributed by atoms with van der Waals surface area (Å²) >= 11 is 0. The molecule has 2 amide bonds. The van der Waals surface area contributed by atoms with Crippen LogP contribution in [0.25, 0.3) is 0 Å². The first kappa shape index (κ1) is 19.0. The van der Waals surface area contributed by atoms with Gasteiger partial charge in [0.1, 0.15) is 13.2 Å². The molecule has 8 nitrogen and oxygen atoms in total. The highest BCUT2D eigenvalue weighted by Crippen LogP contribution is 2.36. The lowest BCUT2D eigenvalue weighted by Gasteiger charge is -2.31. The van der Waals surface area contributed by atoms with Gasteiger partial charge >= 0.3 is 5.97 Å². The number of carbonyl (C=O) groups is 3. The molecule has 0 saturated carbocycles. The molecule has 0 spiro atoms. The van der Waals surface area contributed by atoms with Gasteiger partial charge in [0.2, 0.25) is 11.8 Å². The van der Waals surface area contributed by atoms with Crippen molar-refractivity contribution in [2.75, 3.05) is 38.7 Å². The van der Waals surface area contributed by atoms with E-state index < -0.39 is 5.97 Å². The van der Waals surface area contributed by atoms with Crippen LogP contribution in [-0.2, 0) is 14.3 Å². The minimum Gasteiger partial charge on any atom is -0.486 e. The van der Waals surface area contributed by atoms with Gasteiger partial charge in [0.25, 0.3) is 0 Å². The van der Waals surface area contributed by atoms with Crippen molar-refractivity contribution in [2.24, 2.45) is 5.92 Å². The van der Waals surface area contributed by atoms with E-state index in [1.165, 1.54) is 13.2 Å². The Hall–Kier alpha value is -2.77. The highest BCUT2D eigenvalue weighted by Gasteiger charge is 2.25. The number of piperidine rings is 1. The summed E-state index contributed by atoms with van der Waals surface area (Å²) in [5.41, 5.74) is 0.541. The second-order valence-electron chi connectivity index (χ2n) is 6.76. The van der Waals surface area contributed by atoms with Crippen LogP contribution in [0.1, 0.15) is 36.5 Å². The summed E-state index contributed by atoms with van der Waals surface area (Å²) in [4.78, 5) is 38.0.